The van der Waals surface area contributed by atoms with Crippen LogP contribution in [-0.4, -0.2) is 10.1 Å². The summed E-state index contributed by atoms with van der Waals surface area (Å²) < 4.78 is 6.38. The molecule has 0 amide bonds. The van der Waals surface area contributed by atoms with E-state index in [1.165, 1.54) is 11.3 Å². The number of nitriles is 1. The topological polar surface area (TPSA) is 70.0 Å². The zero-order chi connectivity index (χ0) is 13.4. The van der Waals surface area contributed by atoms with Crippen molar-refractivity contribution in [2.45, 2.75) is 6.10 Å². The Kier molecular flexibility index (Phi) is 2.99. The fraction of sp³-hybridized carbons (Fsp3) is 0.0769. The van der Waals surface area contributed by atoms with Crippen LogP contribution in [0.1, 0.15) is 11.9 Å². The van der Waals surface area contributed by atoms with Crippen LogP contribution in [0.25, 0.3) is 21.0 Å². The number of thiazole rings is 1. The standard InChI is InChI=1S/C13H7ClN2O2S/c14-7-2-1-3-11-12(7)16-13(19-11)10-5-4-9(18-10)8(17)6-15/h1-5,8,17H/t8-/m0/s1. The van der Waals surface area contributed by atoms with Gasteiger partial charge in [-0.1, -0.05) is 17.7 Å². The van der Waals surface area contributed by atoms with Crippen molar-refractivity contribution < 1.29 is 9.52 Å². The molecular formula is C13H7ClN2O2S. The predicted octanol–water partition coefficient (Wildman–Crippen LogP) is 3.77. The lowest BCUT2D eigenvalue weighted by molar-refractivity contribution is 0.205. The van der Waals surface area contributed by atoms with E-state index in [1.807, 2.05) is 12.1 Å². The molecule has 0 bridgehead atoms. The molecule has 0 aliphatic carbocycles. The molecule has 2 aromatic heterocycles. The van der Waals surface area contributed by atoms with E-state index in [2.05, 4.69) is 4.98 Å². The van der Waals surface area contributed by atoms with Gasteiger partial charge in [-0.2, -0.15) is 5.26 Å². The first-order valence-corrected chi connectivity index (χ1v) is 6.61. The number of hydrogen-bond donors (Lipinski definition) is 1. The van der Waals surface area contributed by atoms with E-state index in [-0.39, 0.29) is 5.76 Å². The van der Waals surface area contributed by atoms with Gasteiger partial charge in [0, 0.05) is 0 Å². The molecule has 1 atom stereocenters. The van der Waals surface area contributed by atoms with Crippen LogP contribution in [0.5, 0.6) is 0 Å². The van der Waals surface area contributed by atoms with Gasteiger partial charge in [-0.15, -0.1) is 11.3 Å². The predicted molar refractivity (Wildman–Crippen MR) is 72.9 cm³/mol. The van der Waals surface area contributed by atoms with Crippen molar-refractivity contribution in [1.82, 2.24) is 4.98 Å². The van der Waals surface area contributed by atoms with Crippen molar-refractivity contribution in [2.75, 3.05) is 0 Å². The third-order valence-electron chi connectivity index (χ3n) is 2.60. The minimum atomic E-state index is -1.26. The third-order valence-corrected chi connectivity index (χ3v) is 3.94. The normalized spacial score (nSPS) is 12.5. The summed E-state index contributed by atoms with van der Waals surface area (Å²) >= 11 is 7.51. The number of para-hydroxylation sites is 1. The number of benzene rings is 1. The average molecular weight is 291 g/mol. The van der Waals surface area contributed by atoms with E-state index < -0.39 is 6.10 Å². The molecule has 0 fully saturated rings. The zero-order valence-corrected chi connectivity index (χ0v) is 11.1. The van der Waals surface area contributed by atoms with Gasteiger partial charge in [-0.25, -0.2) is 4.98 Å². The van der Waals surface area contributed by atoms with E-state index in [4.69, 9.17) is 21.3 Å². The summed E-state index contributed by atoms with van der Waals surface area (Å²) in [6.45, 7) is 0. The molecule has 0 aliphatic heterocycles. The molecule has 2 heterocycles. The quantitative estimate of drug-likeness (QED) is 0.729. The second-order valence-electron chi connectivity index (χ2n) is 3.84. The molecule has 0 radical (unpaired) electrons. The second kappa shape index (κ2) is 4.67. The lowest BCUT2D eigenvalue weighted by atomic mass is 10.3. The number of aliphatic hydroxyl groups is 1. The van der Waals surface area contributed by atoms with Crippen molar-refractivity contribution in [3.8, 4) is 16.8 Å². The van der Waals surface area contributed by atoms with Crippen molar-refractivity contribution in [2.24, 2.45) is 0 Å². The van der Waals surface area contributed by atoms with Crippen LogP contribution < -0.4 is 0 Å². The number of aliphatic hydroxyl groups excluding tert-OH is 1. The van der Waals surface area contributed by atoms with E-state index in [1.54, 1.807) is 24.3 Å². The Hall–Kier alpha value is -1.87. The summed E-state index contributed by atoms with van der Waals surface area (Å²) in [5, 5.41) is 19.3. The first-order valence-electron chi connectivity index (χ1n) is 5.42. The van der Waals surface area contributed by atoms with Crippen LogP contribution in [0.4, 0.5) is 0 Å². The van der Waals surface area contributed by atoms with Crippen LogP contribution in [0.15, 0.2) is 34.7 Å². The van der Waals surface area contributed by atoms with Gasteiger partial charge in [0.1, 0.15) is 17.3 Å². The largest absolute Gasteiger partial charge is 0.455 e. The Labute approximate surface area is 117 Å². The van der Waals surface area contributed by atoms with Gasteiger partial charge in [0.05, 0.1) is 9.72 Å². The summed E-state index contributed by atoms with van der Waals surface area (Å²) in [6, 6.07) is 10.5. The van der Waals surface area contributed by atoms with Gasteiger partial charge in [0.15, 0.2) is 16.9 Å². The van der Waals surface area contributed by atoms with Crippen LogP contribution in [-0.2, 0) is 0 Å². The molecule has 6 heteroatoms. The fourth-order valence-electron chi connectivity index (χ4n) is 1.70. The minimum absolute atomic E-state index is 0.211. The van der Waals surface area contributed by atoms with Gasteiger partial charge in [0.2, 0.25) is 0 Å². The maximum absolute atomic E-state index is 9.38. The molecule has 0 saturated carbocycles. The van der Waals surface area contributed by atoms with Crippen LogP contribution in [0, 0.1) is 11.3 Å². The molecule has 0 spiro atoms. The average Bonchev–Trinajstić information content (AvgIpc) is 3.04. The molecule has 94 valence electrons. The number of rotatable bonds is 2. The lowest BCUT2D eigenvalue weighted by Gasteiger charge is -1.94. The fourth-order valence-corrected chi connectivity index (χ4v) is 2.93. The van der Waals surface area contributed by atoms with Crippen molar-refractivity contribution >= 4 is 33.2 Å². The Balaban J connectivity index is 2.07. The monoisotopic (exact) mass is 290 g/mol. The molecule has 4 nitrogen and oxygen atoms in total. The Morgan fingerprint density at radius 1 is 1.37 bits per heavy atom. The van der Waals surface area contributed by atoms with Crippen LogP contribution in [0.2, 0.25) is 5.02 Å². The second-order valence-corrected chi connectivity index (χ2v) is 5.28. The zero-order valence-electron chi connectivity index (χ0n) is 9.50. The molecule has 0 unspecified atom stereocenters. The lowest BCUT2D eigenvalue weighted by Crippen LogP contribution is -1.88. The number of furan rings is 1. The van der Waals surface area contributed by atoms with E-state index >= 15 is 0 Å². The number of nitrogens with zero attached hydrogens (tertiary/aromatic N) is 2. The highest BCUT2D eigenvalue weighted by Crippen LogP contribution is 2.34. The van der Waals surface area contributed by atoms with E-state index in [9.17, 15) is 5.11 Å². The minimum Gasteiger partial charge on any atom is -0.455 e. The van der Waals surface area contributed by atoms with Crippen molar-refractivity contribution in [3.63, 3.8) is 0 Å². The number of halogens is 1. The van der Waals surface area contributed by atoms with E-state index in [0.717, 1.165) is 10.2 Å². The summed E-state index contributed by atoms with van der Waals surface area (Å²) in [7, 11) is 0. The first kappa shape index (κ1) is 12.2. The summed E-state index contributed by atoms with van der Waals surface area (Å²) in [5.74, 6) is 0.726. The highest BCUT2D eigenvalue weighted by molar-refractivity contribution is 7.21. The van der Waals surface area contributed by atoms with Crippen molar-refractivity contribution in [1.29, 1.82) is 5.26 Å². The SMILES string of the molecule is N#C[C@H](O)c1ccc(-c2nc3c(Cl)cccc3s2)o1. The van der Waals surface area contributed by atoms with Crippen LogP contribution in [0.3, 0.4) is 0 Å². The van der Waals surface area contributed by atoms with Gasteiger partial charge < -0.3 is 9.52 Å². The molecule has 1 N–H and O–H groups in total. The molecule has 3 aromatic rings. The number of fused-ring (bicyclic) bond motifs is 1. The molecule has 0 saturated heterocycles. The summed E-state index contributed by atoms with van der Waals surface area (Å²) in [6.07, 6.45) is -1.26. The molecule has 1 aromatic carbocycles. The van der Waals surface area contributed by atoms with Crippen molar-refractivity contribution in [3.05, 3.63) is 41.1 Å². The molecule has 19 heavy (non-hydrogen) atoms. The molecular weight excluding hydrogens is 284 g/mol. The summed E-state index contributed by atoms with van der Waals surface area (Å²) in [5.41, 5.74) is 0.725. The highest BCUT2D eigenvalue weighted by Gasteiger charge is 2.15. The van der Waals surface area contributed by atoms with Gasteiger partial charge in [-0.05, 0) is 24.3 Å². The highest BCUT2D eigenvalue weighted by atomic mass is 35.5. The number of aromatic nitrogens is 1. The Morgan fingerprint density at radius 2 is 2.21 bits per heavy atom. The van der Waals surface area contributed by atoms with Gasteiger partial charge in [-0.3, -0.25) is 0 Å². The number of hydrogen-bond acceptors (Lipinski definition) is 5. The first-order chi connectivity index (χ1) is 9.19. The molecule has 0 aliphatic rings. The smallest absolute Gasteiger partial charge is 0.198 e. The van der Waals surface area contributed by atoms with Crippen LogP contribution >= 0.6 is 22.9 Å². The Bertz CT molecular complexity index is 787. The third kappa shape index (κ3) is 2.10. The Morgan fingerprint density at radius 3 is 2.95 bits per heavy atom. The summed E-state index contributed by atoms with van der Waals surface area (Å²) in [4.78, 5) is 4.41. The maximum atomic E-state index is 9.38. The maximum Gasteiger partial charge on any atom is 0.198 e. The van der Waals surface area contributed by atoms with Gasteiger partial charge >= 0.3 is 0 Å². The molecule has 3 rings (SSSR count). The van der Waals surface area contributed by atoms with E-state index in [0.29, 0.717) is 15.8 Å². The van der Waals surface area contributed by atoms with Gasteiger partial charge in [0.25, 0.3) is 0 Å².